The van der Waals surface area contributed by atoms with E-state index in [1.807, 2.05) is 0 Å². The summed E-state index contributed by atoms with van der Waals surface area (Å²) in [5, 5.41) is 0. The highest BCUT2D eigenvalue weighted by molar-refractivity contribution is 5.85. The highest BCUT2D eigenvalue weighted by Gasteiger charge is 2.07. The van der Waals surface area contributed by atoms with Gasteiger partial charge in [0.1, 0.15) is 0 Å². The van der Waals surface area contributed by atoms with Crippen molar-refractivity contribution < 1.29 is 4.84 Å². The zero-order valence-electron chi connectivity index (χ0n) is 4.31. The Morgan fingerprint density at radius 3 is 2.57 bits per heavy atom. The molecule has 1 unspecified atom stereocenters. The lowest BCUT2D eigenvalue weighted by atomic mass is 10.2. The number of rotatable bonds is 0. The van der Waals surface area contributed by atoms with Crippen LogP contribution in [0.2, 0.25) is 0 Å². The van der Waals surface area contributed by atoms with Crippen LogP contribution in [0.1, 0.15) is 6.92 Å². The van der Waals surface area contributed by atoms with Crippen LogP contribution in [0.15, 0.2) is 0 Å². The molecule has 1 aliphatic rings. The minimum atomic E-state index is 0. The lowest BCUT2D eigenvalue weighted by Gasteiger charge is -1.86. The van der Waals surface area contributed by atoms with E-state index >= 15 is 0 Å². The van der Waals surface area contributed by atoms with Crippen molar-refractivity contribution in [3.63, 3.8) is 0 Å². The number of nitrogens with one attached hydrogen (secondary N) is 1. The van der Waals surface area contributed by atoms with Crippen LogP contribution in [0, 0.1) is 5.92 Å². The fourth-order valence-electron chi connectivity index (χ4n) is 0.461. The number of halogens is 1. The molecular formula is C4H10ClNO. The molecule has 7 heavy (non-hydrogen) atoms. The maximum atomic E-state index is 4.81. The molecule has 1 atom stereocenters. The molecule has 0 aromatic rings. The molecule has 0 saturated carbocycles. The largest absolute Gasteiger partial charge is 0.301 e. The van der Waals surface area contributed by atoms with E-state index in [-0.39, 0.29) is 12.4 Å². The van der Waals surface area contributed by atoms with Crippen LogP contribution in [0.5, 0.6) is 0 Å². The number of hydroxylamine groups is 1. The second kappa shape index (κ2) is 3.24. The van der Waals surface area contributed by atoms with Crippen molar-refractivity contribution in [3.05, 3.63) is 0 Å². The molecule has 0 aromatic heterocycles. The molecule has 44 valence electrons. The fraction of sp³-hybridized carbons (Fsp3) is 1.00. The smallest absolute Gasteiger partial charge is 0.0720 e. The molecule has 1 fully saturated rings. The first-order valence-electron chi connectivity index (χ1n) is 2.24. The molecule has 0 spiro atoms. The first-order chi connectivity index (χ1) is 2.89. The van der Waals surface area contributed by atoms with Gasteiger partial charge < -0.3 is 4.84 Å². The summed E-state index contributed by atoms with van der Waals surface area (Å²) < 4.78 is 0. The van der Waals surface area contributed by atoms with Crippen LogP contribution in [-0.4, -0.2) is 13.2 Å². The molecular weight excluding hydrogens is 114 g/mol. The van der Waals surface area contributed by atoms with E-state index in [1.54, 1.807) is 0 Å². The molecule has 1 saturated heterocycles. The first-order valence-corrected chi connectivity index (χ1v) is 2.24. The summed E-state index contributed by atoms with van der Waals surface area (Å²) in [4.78, 5) is 4.81. The molecule has 0 radical (unpaired) electrons. The van der Waals surface area contributed by atoms with Gasteiger partial charge in [-0.1, -0.05) is 6.92 Å². The van der Waals surface area contributed by atoms with Crippen molar-refractivity contribution in [2.75, 3.05) is 13.2 Å². The molecule has 1 N–H and O–H groups in total. The third-order valence-corrected chi connectivity index (χ3v) is 0.902. The highest BCUT2D eigenvalue weighted by atomic mass is 35.5. The molecule has 0 bridgehead atoms. The Morgan fingerprint density at radius 2 is 2.43 bits per heavy atom. The SMILES string of the molecule is CC1CNOC1.Cl. The molecule has 3 heteroatoms. The van der Waals surface area contributed by atoms with Crippen LogP contribution in [0.4, 0.5) is 0 Å². The first kappa shape index (κ1) is 7.21. The molecule has 0 aromatic carbocycles. The predicted molar refractivity (Wildman–Crippen MR) is 30.4 cm³/mol. The van der Waals surface area contributed by atoms with E-state index in [0.717, 1.165) is 13.2 Å². The summed E-state index contributed by atoms with van der Waals surface area (Å²) in [6.45, 7) is 4.04. The van der Waals surface area contributed by atoms with Crippen molar-refractivity contribution in [2.24, 2.45) is 5.92 Å². The van der Waals surface area contributed by atoms with Gasteiger partial charge in [0.15, 0.2) is 0 Å². The summed E-state index contributed by atoms with van der Waals surface area (Å²) in [5.74, 6) is 0.713. The molecule has 1 rings (SSSR count). The average Bonchev–Trinajstić information content (AvgIpc) is 1.86. The third kappa shape index (κ3) is 2.12. The van der Waals surface area contributed by atoms with E-state index in [9.17, 15) is 0 Å². The van der Waals surface area contributed by atoms with Crippen molar-refractivity contribution in [3.8, 4) is 0 Å². The van der Waals surface area contributed by atoms with E-state index < -0.39 is 0 Å². The Kier molecular flexibility index (Phi) is 3.34. The summed E-state index contributed by atoms with van der Waals surface area (Å²) in [7, 11) is 0. The maximum absolute atomic E-state index is 4.81. The van der Waals surface area contributed by atoms with Gasteiger partial charge in [0.05, 0.1) is 6.61 Å². The van der Waals surface area contributed by atoms with Gasteiger partial charge >= 0.3 is 0 Å². The normalized spacial score (nSPS) is 29.6. The minimum absolute atomic E-state index is 0. The van der Waals surface area contributed by atoms with E-state index in [4.69, 9.17) is 4.84 Å². The van der Waals surface area contributed by atoms with Gasteiger partial charge in [-0.2, -0.15) is 0 Å². The Bertz CT molecular complexity index is 45.0. The lowest BCUT2D eigenvalue weighted by Crippen LogP contribution is -2.04. The number of hydrogen-bond donors (Lipinski definition) is 1. The van der Waals surface area contributed by atoms with E-state index in [0.29, 0.717) is 5.92 Å². The van der Waals surface area contributed by atoms with Crippen molar-refractivity contribution in [2.45, 2.75) is 6.92 Å². The topological polar surface area (TPSA) is 21.3 Å². The van der Waals surface area contributed by atoms with Gasteiger partial charge in [-0.15, -0.1) is 12.4 Å². The predicted octanol–water partition coefficient (Wildman–Crippen LogP) is 0.579. The summed E-state index contributed by atoms with van der Waals surface area (Å²) in [6, 6.07) is 0. The van der Waals surface area contributed by atoms with E-state index in [1.165, 1.54) is 0 Å². The molecule has 1 aliphatic heterocycles. The Hall–Kier alpha value is 0.210. The van der Waals surface area contributed by atoms with Crippen LogP contribution in [-0.2, 0) is 4.84 Å². The Balaban J connectivity index is 0.000000360. The molecule has 1 heterocycles. The monoisotopic (exact) mass is 123 g/mol. The third-order valence-electron chi connectivity index (χ3n) is 0.902. The molecule has 0 aliphatic carbocycles. The second-order valence-corrected chi connectivity index (χ2v) is 1.76. The maximum Gasteiger partial charge on any atom is 0.0720 e. The average molecular weight is 124 g/mol. The molecule has 0 amide bonds. The van der Waals surface area contributed by atoms with Gasteiger partial charge in [-0.25, -0.2) is 5.48 Å². The van der Waals surface area contributed by atoms with Crippen LogP contribution < -0.4 is 5.48 Å². The quantitative estimate of drug-likeness (QED) is 0.509. The van der Waals surface area contributed by atoms with Gasteiger partial charge in [0, 0.05) is 6.54 Å². The van der Waals surface area contributed by atoms with Crippen molar-refractivity contribution in [1.82, 2.24) is 5.48 Å². The number of hydrogen-bond acceptors (Lipinski definition) is 2. The van der Waals surface area contributed by atoms with Gasteiger partial charge in [0.2, 0.25) is 0 Å². The second-order valence-electron chi connectivity index (χ2n) is 1.76. The Morgan fingerprint density at radius 1 is 1.71 bits per heavy atom. The van der Waals surface area contributed by atoms with Crippen LogP contribution >= 0.6 is 12.4 Å². The summed E-state index contributed by atoms with van der Waals surface area (Å²) >= 11 is 0. The van der Waals surface area contributed by atoms with E-state index in [2.05, 4.69) is 12.4 Å². The highest BCUT2D eigenvalue weighted by Crippen LogP contribution is 1.97. The van der Waals surface area contributed by atoms with Gasteiger partial charge in [-0.05, 0) is 5.92 Å². The zero-order valence-corrected chi connectivity index (χ0v) is 5.12. The fourth-order valence-corrected chi connectivity index (χ4v) is 0.461. The Labute approximate surface area is 49.6 Å². The van der Waals surface area contributed by atoms with Crippen LogP contribution in [0.25, 0.3) is 0 Å². The van der Waals surface area contributed by atoms with Gasteiger partial charge in [0.25, 0.3) is 0 Å². The van der Waals surface area contributed by atoms with Gasteiger partial charge in [-0.3, -0.25) is 0 Å². The standard InChI is InChI=1S/C4H9NO.ClH/c1-4-2-5-6-3-4;/h4-5H,2-3H2,1H3;1H. The van der Waals surface area contributed by atoms with Crippen molar-refractivity contribution >= 4 is 12.4 Å². The summed E-state index contributed by atoms with van der Waals surface area (Å²) in [5.41, 5.74) is 2.77. The molecule has 2 nitrogen and oxygen atoms in total. The summed E-state index contributed by atoms with van der Waals surface area (Å²) in [6.07, 6.45) is 0. The zero-order chi connectivity index (χ0) is 4.41. The minimum Gasteiger partial charge on any atom is -0.301 e. The van der Waals surface area contributed by atoms with Crippen LogP contribution in [0.3, 0.4) is 0 Å². The van der Waals surface area contributed by atoms with Crippen molar-refractivity contribution in [1.29, 1.82) is 0 Å². The lowest BCUT2D eigenvalue weighted by molar-refractivity contribution is 0.0981.